The molecule has 0 aliphatic heterocycles. The Morgan fingerprint density at radius 3 is 2.38 bits per heavy atom. The van der Waals surface area contributed by atoms with Gasteiger partial charge < -0.3 is 10.1 Å². The minimum Gasteiger partial charge on any atom is -0.483 e. The maximum Gasteiger partial charge on any atom is 0.262 e. The van der Waals surface area contributed by atoms with E-state index in [0.717, 1.165) is 5.56 Å². The number of nitrogens with one attached hydrogen (secondary N) is 1. The van der Waals surface area contributed by atoms with Crippen LogP contribution in [0.15, 0.2) is 47.4 Å². The third-order valence-corrected chi connectivity index (χ3v) is 6.89. The zero-order chi connectivity index (χ0) is 21.6. The van der Waals surface area contributed by atoms with E-state index in [1.807, 2.05) is 24.3 Å². The van der Waals surface area contributed by atoms with E-state index in [9.17, 15) is 13.2 Å². The fourth-order valence-electron chi connectivity index (χ4n) is 3.09. The lowest BCUT2D eigenvalue weighted by Gasteiger charge is -2.20. The summed E-state index contributed by atoms with van der Waals surface area (Å²) in [4.78, 5) is 12.6. The second kappa shape index (κ2) is 9.89. The second-order valence-electron chi connectivity index (χ2n) is 7.10. The van der Waals surface area contributed by atoms with Crippen molar-refractivity contribution in [1.82, 2.24) is 4.31 Å². The van der Waals surface area contributed by atoms with E-state index in [-0.39, 0.29) is 23.3 Å². The van der Waals surface area contributed by atoms with Crippen molar-refractivity contribution in [3.8, 4) is 5.75 Å². The second-order valence-corrected chi connectivity index (χ2v) is 9.01. The molecule has 0 radical (unpaired) electrons. The van der Waals surface area contributed by atoms with E-state index < -0.39 is 10.0 Å². The van der Waals surface area contributed by atoms with Crippen LogP contribution in [0.1, 0.15) is 44.7 Å². The molecule has 0 heterocycles. The lowest BCUT2D eigenvalue weighted by Crippen LogP contribution is -2.31. The summed E-state index contributed by atoms with van der Waals surface area (Å²) in [7, 11) is -3.61. The number of benzene rings is 2. The first-order chi connectivity index (χ1) is 13.7. The molecule has 0 fully saturated rings. The number of rotatable bonds is 9. The summed E-state index contributed by atoms with van der Waals surface area (Å²) in [6.07, 6.45) is 0. The molecule has 2 rings (SSSR count). The molecule has 158 valence electrons. The highest BCUT2D eigenvalue weighted by Crippen LogP contribution is 2.26. The Morgan fingerprint density at radius 2 is 1.76 bits per heavy atom. The van der Waals surface area contributed by atoms with Crippen LogP contribution in [0.2, 0.25) is 0 Å². The van der Waals surface area contributed by atoms with Crippen LogP contribution in [0.4, 0.5) is 5.69 Å². The fraction of sp³-hybridized carbons (Fsp3) is 0.409. The predicted octanol–water partition coefficient (Wildman–Crippen LogP) is 4.17. The van der Waals surface area contributed by atoms with Crippen molar-refractivity contribution >= 4 is 21.6 Å². The summed E-state index contributed by atoms with van der Waals surface area (Å²) in [5, 5.41) is 2.73. The van der Waals surface area contributed by atoms with E-state index >= 15 is 0 Å². The summed E-state index contributed by atoms with van der Waals surface area (Å²) < 4.78 is 32.8. The molecule has 29 heavy (non-hydrogen) atoms. The number of ether oxygens (including phenoxy) is 1. The monoisotopic (exact) mass is 418 g/mol. The Hall–Kier alpha value is -2.38. The number of carbonyl (C=O) groups excluding carboxylic acids is 1. The Bertz CT molecular complexity index is 951. The van der Waals surface area contributed by atoms with Gasteiger partial charge in [-0.15, -0.1) is 0 Å². The van der Waals surface area contributed by atoms with Crippen LogP contribution in [-0.4, -0.2) is 38.3 Å². The van der Waals surface area contributed by atoms with Crippen LogP contribution in [-0.2, 0) is 14.8 Å². The predicted molar refractivity (Wildman–Crippen MR) is 116 cm³/mol. The molecule has 6 nitrogen and oxygen atoms in total. The van der Waals surface area contributed by atoms with Crippen molar-refractivity contribution in [3.63, 3.8) is 0 Å². The van der Waals surface area contributed by atoms with Gasteiger partial charge in [0.15, 0.2) is 6.61 Å². The highest BCUT2D eigenvalue weighted by atomic mass is 32.2. The Labute approximate surface area is 173 Å². The Morgan fingerprint density at radius 1 is 1.10 bits per heavy atom. The number of nitrogens with zero attached hydrogens (tertiary/aromatic N) is 1. The lowest BCUT2D eigenvalue weighted by molar-refractivity contribution is -0.118. The number of hydrogen-bond acceptors (Lipinski definition) is 4. The first-order valence-electron chi connectivity index (χ1n) is 9.83. The maximum atomic E-state index is 12.9. The molecule has 1 amide bonds. The van der Waals surface area contributed by atoms with Gasteiger partial charge in [0.1, 0.15) is 5.75 Å². The molecule has 2 aromatic rings. The van der Waals surface area contributed by atoms with Crippen LogP contribution in [0.3, 0.4) is 0 Å². The Balaban J connectivity index is 2.14. The van der Waals surface area contributed by atoms with Crippen molar-refractivity contribution in [2.75, 3.05) is 25.0 Å². The first-order valence-corrected chi connectivity index (χ1v) is 11.3. The van der Waals surface area contributed by atoms with Crippen molar-refractivity contribution in [3.05, 3.63) is 53.6 Å². The van der Waals surface area contributed by atoms with Gasteiger partial charge in [0.2, 0.25) is 10.0 Å². The van der Waals surface area contributed by atoms with Crippen molar-refractivity contribution in [1.29, 1.82) is 0 Å². The molecule has 0 bridgehead atoms. The van der Waals surface area contributed by atoms with E-state index in [2.05, 4.69) is 19.2 Å². The third-order valence-electron chi connectivity index (χ3n) is 4.69. The van der Waals surface area contributed by atoms with Gasteiger partial charge in [-0.1, -0.05) is 52.0 Å². The highest BCUT2D eigenvalue weighted by molar-refractivity contribution is 7.89. The summed E-state index contributed by atoms with van der Waals surface area (Å²) >= 11 is 0. The van der Waals surface area contributed by atoms with E-state index in [1.54, 1.807) is 32.9 Å². The van der Waals surface area contributed by atoms with Gasteiger partial charge in [-0.25, -0.2) is 8.42 Å². The summed E-state index contributed by atoms with van der Waals surface area (Å²) in [6, 6.07) is 12.5. The van der Waals surface area contributed by atoms with Crippen LogP contribution in [0, 0.1) is 6.92 Å². The highest BCUT2D eigenvalue weighted by Gasteiger charge is 2.24. The summed E-state index contributed by atoms with van der Waals surface area (Å²) in [6.45, 7) is 10.1. The molecule has 0 unspecified atom stereocenters. The number of carbonyl (C=O) groups is 1. The zero-order valence-corrected chi connectivity index (χ0v) is 18.5. The number of sulfonamides is 1. The maximum absolute atomic E-state index is 12.9. The van der Waals surface area contributed by atoms with Gasteiger partial charge in [0.25, 0.3) is 5.91 Å². The van der Waals surface area contributed by atoms with Gasteiger partial charge in [-0.2, -0.15) is 4.31 Å². The number of hydrogen-bond donors (Lipinski definition) is 1. The SMILES string of the molecule is CCN(CC)S(=O)(=O)c1cc(NC(=O)COc2ccccc2C(C)C)ccc1C. The minimum atomic E-state index is -3.61. The first kappa shape index (κ1) is 22.9. The van der Waals surface area contributed by atoms with Crippen LogP contribution < -0.4 is 10.1 Å². The molecular weight excluding hydrogens is 388 g/mol. The molecule has 1 N–H and O–H groups in total. The van der Waals surface area contributed by atoms with Crippen LogP contribution >= 0.6 is 0 Å². The number of amides is 1. The largest absolute Gasteiger partial charge is 0.483 e. The molecule has 0 spiro atoms. The minimum absolute atomic E-state index is 0.157. The van der Waals surface area contributed by atoms with E-state index in [0.29, 0.717) is 30.1 Å². The molecule has 0 aliphatic rings. The third kappa shape index (κ3) is 5.58. The molecule has 0 atom stereocenters. The molecular formula is C22H30N2O4S. The van der Waals surface area contributed by atoms with Crippen molar-refractivity contribution < 1.29 is 17.9 Å². The van der Waals surface area contributed by atoms with Crippen LogP contribution in [0.5, 0.6) is 5.75 Å². The standard InChI is InChI=1S/C22H30N2O4S/c1-6-24(7-2)29(26,27)21-14-18(13-12-17(21)5)23-22(25)15-28-20-11-9-8-10-19(20)16(3)4/h8-14,16H,6-7,15H2,1-5H3,(H,23,25). The van der Waals surface area contributed by atoms with E-state index in [1.165, 1.54) is 10.4 Å². The number of anilines is 1. The van der Waals surface area contributed by atoms with Gasteiger partial charge in [0, 0.05) is 18.8 Å². The number of aryl methyl sites for hydroxylation is 1. The van der Waals surface area contributed by atoms with Gasteiger partial charge in [-0.05, 0) is 42.2 Å². The molecule has 0 saturated heterocycles. The van der Waals surface area contributed by atoms with Crippen molar-refractivity contribution in [2.24, 2.45) is 0 Å². The topological polar surface area (TPSA) is 75.7 Å². The molecule has 0 saturated carbocycles. The molecule has 0 aromatic heterocycles. The van der Waals surface area contributed by atoms with E-state index in [4.69, 9.17) is 4.74 Å². The normalized spacial score (nSPS) is 11.7. The molecule has 2 aromatic carbocycles. The summed E-state index contributed by atoms with van der Waals surface area (Å²) in [5.41, 5.74) is 2.09. The molecule has 0 aliphatic carbocycles. The van der Waals surface area contributed by atoms with Crippen LogP contribution in [0.25, 0.3) is 0 Å². The average molecular weight is 419 g/mol. The number of para-hydroxylation sites is 1. The van der Waals surface area contributed by atoms with Gasteiger partial charge in [-0.3, -0.25) is 4.79 Å². The molecule has 7 heteroatoms. The summed E-state index contributed by atoms with van der Waals surface area (Å²) in [5.74, 6) is 0.601. The zero-order valence-electron chi connectivity index (χ0n) is 17.7. The quantitative estimate of drug-likeness (QED) is 0.663. The fourth-order valence-corrected chi connectivity index (χ4v) is 4.80. The smallest absolute Gasteiger partial charge is 0.262 e. The average Bonchev–Trinajstić information content (AvgIpc) is 2.68. The lowest BCUT2D eigenvalue weighted by atomic mass is 10.0. The van der Waals surface area contributed by atoms with Gasteiger partial charge in [0.05, 0.1) is 4.90 Å². The van der Waals surface area contributed by atoms with Gasteiger partial charge >= 0.3 is 0 Å². The Kier molecular flexibility index (Phi) is 7.81. The van der Waals surface area contributed by atoms with Crippen molar-refractivity contribution in [2.45, 2.75) is 45.4 Å².